The van der Waals surface area contributed by atoms with Crippen LogP contribution < -0.4 is 10.1 Å². The van der Waals surface area contributed by atoms with E-state index in [0.717, 1.165) is 27.7 Å². The van der Waals surface area contributed by atoms with Crippen LogP contribution in [-0.2, 0) is 0 Å². The molecule has 0 atom stereocenters. The monoisotopic (exact) mass is 374 g/mol. The van der Waals surface area contributed by atoms with E-state index in [9.17, 15) is 4.79 Å². The second-order valence-electron chi connectivity index (χ2n) is 5.71. The van der Waals surface area contributed by atoms with Gasteiger partial charge < -0.3 is 0 Å². The Morgan fingerprint density at radius 3 is 2.71 bits per heavy atom. The minimum Gasteiger partial charge on any atom is -0.267 e. The van der Waals surface area contributed by atoms with Gasteiger partial charge in [0.25, 0.3) is 5.56 Å². The minimum atomic E-state index is -0.0863. The number of thiazole rings is 1. The van der Waals surface area contributed by atoms with Crippen LogP contribution in [0.2, 0.25) is 10.0 Å². The third-order valence-electron chi connectivity index (χ3n) is 4.12. The average molecular weight is 375 g/mol. The fourth-order valence-electron chi connectivity index (χ4n) is 2.69. The molecule has 2 aromatic carbocycles. The van der Waals surface area contributed by atoms with Crippen molar-refractivity contribution < 1.29 is 0 Å². The Labute approximate surface area is 151 Å². The molecule has 0 aliphatic carbocycles. The van der Waals surface area contributed by atoms with Crippen molar-refractivity contribution in [1.29, 1.82) is 0 Å². The van der Waals surface area contributed by atoms with E-state index in [0.29, 0.717) is 19.5 Å². The second kappa shape index (κ2) is 5.59. The number of aromatic nitrogens is 2. The van der Waals surface area contributed by atoms with E-state index in [2.05, 4.69) is 4.98 Å². The molecule has 0 aliphatic rings. The number of rotatable bonds is 1. The summed E-state index contributed by atoms with van der Waals surface area (Å²) in [6, 6.07) is 9.39. The van der Waals surface area contributed by atoms with Crippen LogP contribution in [0, 0.1) is 13.8 Å². The molecule has 3 nitrogen and oxygen atoms in total. The summed E-state index contributed by atoms with van der Waals surface area (Å²) in [5.74, 6) is 0. The van der Waals surface area contributed by atoms with Crippen molar-refractivity contribution in [2.75, 3.05) is 0 Å². The van der Waals surface area contributed by atoms with Gasteiger partial charge in [-0.3, -0.25) is 4.79 Å². The highest BCUT2D eigenvalue weighted by atomic mass is 35.5. The number of imidazole rings is 1. The molecule has 4 rings (SSSR count). The summed E-state index contributed by atoms with van der Waals surface area (Å²) in [7, 11) is 0. The lowest BCUT2D eigenvalue weighted by molar-refractivity contribution is 1.18. The van der Waals surface area contributed by atoms with E-state index >= 15 is 0 Å². The summed E-state index contributed by atoms with van der Waals surface area (Å²) in [6.07, 6.45) is 1.77. The highest BCUT2D eigenvalue weighted by Gasteiger charge is 2.12. The zero-order chi connectivity index (χ0) is 17.0. The molecule has 0 saturated heterocycles. The highest BCUT2D eigenvalue weighted by Crippen LogP contribution is 2.26. The molecule has 0 unspecified atom stereocenters. The number of hydrogen-bond donors (Lipinski definition) is 0. The van der Waals surface area contributed by atoms with Gasteiger partial charge in [-0.15, -0.1) is 0 Å². The first-order valence-electron chi connectivity index (χ1n) is 7.33. The number of halogens is 2. The predicted octanol–water partition coefficient (Wildman–Crippen LogP) is 4.38. The maximum absolute atomic E-state index is 12.8. The lowest BCUT2D eigenvalue weighted by Gasteiger charge is -1.99. The molecule has 4 aromatic rings. The Morgan fingerprint density at radius 1 is 1.17 bits per heavy atom. The van der Waals surface area contributed by atoms with Crippen molar-refractivity contribution in [3.05, 3.63) is 72.0 Å². The van der Waals surface area contributed by atoms with Crippen molar-refractivity contribution >= 4 is 56.6 Å². The maximum atomic E-state index is 12.8. The molecular formula is C18H12Cl2N2OS. The lowest BCUT2D eigenvalue weighted by atomic mass is 10.1. The molecule has 0 bridgehead atoms. The van der Waals surface area contributed by atoms with E-state index < -0.39 is 0 Å². The molecule has 0 fully saturated rings. The summed E-state index contributed by atoms with van der Waals surface area (Å²) < 4.78 is 2.25. The topological polar surface area (TPSA) is 34.4 Å². The Balaban J connectivity index is 2.03. The quantitative estimate of drug-likeness (QED) is 0.495. The fraction of sp³-hybridized carbons (Fsp3) is 0.111. The normalized spacial score (nSPS) is 12.6. The van der Waals surface area contributed by atoms with Gasteiger partial charge in [0.15, 0.2) is 4.96 Å². The molecular weight excluding hydrogens is 363 g/mol. The first-order valence-corrected chi connectivity index (χ1v) is 8.91. The third-order valence-corrected chi connectivity index (χ3v) is 5.92. The van der Waals surface area contributed by atoms with Gasteiger partial charge in [-0.05, 0) is 54.8 Å². The molecule has 0 N–H and O–H groups in total. The molecule has 24 heavy (non-hydrogen) atoms. The summed E-state index contributed by atoms with van der Waals surface area (Å²) >= 11 is 13.6. The first kappa shape index (κ1) is 15.6. The summed E-state index contributed by atoms with van der Waals surface area (Å²) in [5.41, 5.74) is 4.62. The van der Waals surface area contributed by atoms with Crippen LogP contribution in [0.5, 0.6) is 0 Å². The molecule has 0 aliphatic heterocycles. The second-order valence-corrected chi connectivity index (χ2v) is 7.51. The van der Waals surface area contributed by atoms with Gasteiger partial charge in [-0.2, -0.15) is 0 Å². The van der Waals surface area contributed by atoms with E-state index in [1.165, 1.54) is 11.3 Å². The van der Waals surface area contributed by atoms with Gasteiger partial charge in [0, 0.05) is 0 Å². The number of aryl methyl sites for hydroxylation is 2. The van der Waals surface area contributed by atoms with Crippen molar-refractivity contribution in [2.45, 2.75) is 13.8 Å². The van der Waals surface area contributed by atoms with Crippen LogP contribution in [-0.4, -0.2) is 9.38 Å². The summed E-state index contributed by atoms with van der Waals surface area (Å²) in [6.45, 7) is 4.07. The zero-order valence-corrected chi connectivity index (χ0v) is 15.3. The molecule has 0 amide bonds. The predicted molar refractivity (Wildman–Crippen MR) is 102 cm³/mol. The van der Waals surface area contributed by atoms with Crippen molar-refractivity contribution in [1.82, 2.24) is 9.38 Å². The first-order chi connectivity index (χ1) is 11.5. The van der Waals surface area contributed by atoms with Crippen LogP contribution in [0.3, 0.4) is 0 Å². The van der Waals surface area contributed by atoms with E-state index in [-0.39, 0.29) is 5.56 Å². The van der Waals surface area contributed by atoms with Crippen molar-refractivity contribution in [2.24, 2.45) is 0 Å². The SMILES string of the molecule is Cc1cc2nc3sc(=Cc4cccc(Cl)c4Cl)c(=O)n3c2cc1C. The van der Waals surface area contributed by atoms with Gasteiger partial charge >= 0.3 is 0 Å². The number of benzene rings is 2. The molecule has 0 spiro atoms. The lowest BCUT2D eigenvalue weighted by Crippen LogP contribution is -2.22. The Kier molecular flexibility index (Phi) is 3.64. The number of fused-ring (bicyclic) bond motifs is 3. The molecule has 2 heterocycles. The van der Waals surface area contributed by atoms with Crippen LogP contribution in [0.15, 0.2) is 35.1 Å². The standard InChI is InChI=1S/C18H12Cl2N2OS/c1-9-6-13-14(7-10(9)2)22-17(23)15(24-18(22)21-13)8-11-4-3-5-12(19)16(11)20/h3-8H,1-2H3. The number of nitrogens with zero attached hydrogens (tertiary/aromatic N) is 2. The minimum absolute atomic E-state index is 0.0863. The third kappa shape index (κ3) is 2.34. The van der Waals surface area contributed by atoms with Gasteiger partial charge in [0.2, 0.25) is 0 Å². The largest absolute Gasteiger partial charge is 0.274 e. The Hall–Kier alpha value is -1.88. The van der Waals surface area contributed by atoms with Crippen LogP contribution in [0.4, 0.5) is 0 Å². The molecule has 6 heteroatoms. The van der Waals surface area contributed by atoms with Gasteiger partial charge in [0.1, 0.15) is 0 Å². The molecule has 2 aromatic heterocycles. The van der Waals surface area contributed by atoms with E-state index in [1.54, 1.807) is 16.5 Å². The smallest absolute Gasteiger partial charge is 0.267 e. The highest BCUT2D eigenvalue weighted by molar-refractivity contribution is 7.15. The molecule has 0 radical (unpaired) electrons. The zero-order valence-electron chi connectivity index (χ0n) is 12.9. The van der Waals surface area contributed by atoms with Gasteiger partial charge in [0.05, 0.1) is 25.6 Å². The van der Waals surface area contributed by atoms with Gasteiger partial charge in [-0.25, -0.2) is 9.38 Å². The van der Waals surface area contributed by atoms with Crippen molar-refractivity contribution in [3.8, 4) is 0 Å². The summed E-state index contributed by atoms with van der Waals surface area (Å²) in [4.78, 5) is 18.1. The summed E-state index contributed by atoms with van der Waals surface area (Å²) in [5, 5.41) is 0.914. The van der Waals surface area contributed by atoms with Crippen LogP contribution in [0.1, 0.15) is 16.7 Å². The van der Waals surface area contributed by atoms with Crippen LogP contribution in [0.25, 0.3) is 22.1 Å². The Morgan fingerprint density at radius 2 is 1.92 bits per heavy atom. The number of hydrogen-bond acceptors (Lipinski definition) is 3. The average Bonchev–Trinajstić information content (AvgIpc) is 3.02. The fourth-order valence-corrected chi connectivity index (χ4v) is 4.03. The van der Waals surface area contributed by atoms with E-state index in [4.69, 9.17) is 23.2 Å². The molecule has 120 valence electrons. The van der Waals surface area contributed by atoms with Crippen molar-refractivity contribution in [3.63, 3.8) is 0 Å². The van der Waals surface area contributed by atoms with E-state index in [1.807, 2.05) is 38.1 Å². The Bertz CT molecular complexity index is 1220. The van der Waals surface area contributed by atoms with Gasteiger partial charge in [-0.1, -0.05) is 46.7 Å². The molecule has 0 saturated carbocycles. The maximum Gasteiger partial charge on any atom is 0.274 e. The van der Waals surface area contributed by atoms with Crippen LogP contribution >= 0.6 is 34.5 Å².